The van der Waals surface area contributed by atoms with Gasteiger partial charge < -0.3 is 15.3 Å². The van der Waals surface area contributed by atoms with E-state index in [9.17, 15) is 9.59 Å². The van der Waals surface area contributed by atoms with Crippen LogP contribution in [0.3, 0.4) is 0 Å². The number of para-hydroxylation sites is 1. The second-order valence-corrected chi connectivity index (χ2v) is 5.29. The Morgan fingerprint density at radius 2 is 1.80 bits per heavy atom. The van der Waals surface area contributed by atoms with Crippen LogP contribution in [0.15, 0.2) is 24.3 Å². The lowest BCUT2D eigenvalue weighted by Gasteiger charge is -2.26. The van der Waals surface area contributed by atoms with Gasteiger partial charge in [-0.2, -0.15) is 0 Å². The number of urea groups is 1. The third kappa shape index (κ3) is 4.26. The molecule has 0 aliphatic carbocycles. The Labute approximate surface area is 119 Å². The molecule has 1 rings (SSSR count). The number of carbonyl (C=O) groups excluding carboxylic acids is 1. The molecule has 5 nitrogen and oxygen atoms in total. The van der Waals surface area contributed by atoms with Crippen molar-refractivity contribution in [3.8, 4) is 0 Å². The highest BCUT2D eigenvalue weighted by atomic mass is 16.4. The van der Waals surface area contributed by atoms with Crippen LogP contribution >= 0.6 is 0 Å². The number of nitrogens with one attached hydrogen (secondary N) is 1. The summed E-state index contributed by atoms with van der Waals surface area (Å²) in [6, 6.07) is 6.97. The number of amides is 2. The van der Waals surface area contributed by atoms with Crippen LogP contribution in [0.4, 0.5) is 10.5 Å². The van der Waals surface area contributed by atoms with Crippen molar-refractivity contribution in [1.82, 2.24) is 4.90 Å². The molecule has 0 atom stereocenters. The summed E-state index contributed by atoms with van der Waals surface area (Å²) in [5.41, 5.74) is 1.75. The van der Waals surface area contributed by atoms with Crippen molar-refractivity contribution in [2.45, 2.75) is 39.7 Å². The lowest BCUT2D eigenvalue weighted by atomic mass is 10.0. The van der Waals surface area contributed by atoms with E-state index in [2.05, 4.69) is 5.32 Å². The Bertz CT molecular complexity index is 484. The highest BCUT2D eigenvalue weighted by molar-refractivity contribution is 5.92. The minimum absolute atomic E-state index is 0.183. The molecule has 0 aliphatic heterocycles. The SMILES string of the molecule is CC(C)c1ccccc1NC(=O)N(CC(=O)O)C(C)C. The molecular formula is C15H22N2O3. The van der Waals surface area contributed by atoms with Gasteiger partial charge in [-0.05, 0) is 31.4 Å². The van der Waals surface area contributed by atoms with Crippen molar-refractivity contribution >= 4 is 17.7 Å². The van der Waals surface area contributed by atoms with E-state index in [4.69, 9.17) is 5.11 Å². The lowest BCUT2D eigenvalue weighted by molar-refractivity contribution is -0.137. The Morgan fingerprint density at radius 1 is 1.20 bits per heavy atom. The zero-order chi connectivity index (χ0) is 15.3. The van der Waals surface area contributed by atoms with Crippen molar-refractivity contribution in [2.75, 3.05) is 11.9 Å². The van der Waals surface area contributed by atoms with Crippen LogP contribution in [0.1, 0.15) is 39.2 Å². The van der Waals surface area contributed by atoms with E-state index in [0.29, 0.717) is 0 Å². The number of carboxylic acid groups (broad SMARTS) is 1. The monoisotopic (exact) mass is 278 g/mol. The molecule has 110 valence electrons. The number of aliphatic carboxylic acids is 1. The van der Waals surface area contributed by atoms with Gasteiger partial charge in [-0.3, -0.25) is 4.79 Å². The summed E-state index contributed by atoms with van der Waals surface area (Å²) in [5.74, 6) is -0.746. The van der Waals surface area contributed by atoms with Gasteiger partial charge in [0, 0.05) is 11.7 Å². The molecule has 0 heterocycles. The first kappa shape index (κ1) is 16.0. The van der Waals surface area contributed by atoms with Crippen molar-refractivity contribution in [2.24, 2.45) is 0 Å². The second kappa shape index (κ2) is 6.93. The largest absolute Gasteiger partial charge is 0.480 e. The van der Waals surface area contributed by atoms with Crippen molar-refractivity contribution in [3.05, 3.63) is 29.8 Å². The number of anilines is 1. The topological polar surface area (TPSA) is 69.6 Å². The number of rotatable bonds is 5. The van der Waals surface area contributed by atoms with Gasteiger partial charge in [0.15, 0.2) is 0 Å². The summed E-state index contributed by atoms with van der Waals surface area (Å²) < 4.78 is 0. The minimum atomic E-state index is -1.02. The van der Waals surface area contributed by atoms with Crippen molar-refractivity contribution < 1.29 is 14.7 Å². The molecule has 0 radical (unpaired) electrons. The fourth-order valence-electron chi connectivity index (χ4n) is 1.94. The van der Waals surface area contributed by atoms with Gasteiger partial charge in [0.1, 0.15) is 6.54 Å². The van der Waals surface area contributed by atoms with E-state index >= 15 is 0 Å². The first-order chi connectivity index (χ1) is 9.32. The van der Waals surface area contributed by atoms with E-state index in [-0.39, 0.29) is 18.5 Å². The standard InChI is InChI=1S/C15H22N2O3/c1-10(2)12-7-5-6-8-13(12)16-15(20)17(11(3)4)9-14(18)19/h5-8,10-11H,9H2,1-4H3,(H,16,20)(H,18,19). The van der Waals surface area contributed by atoms with E-state index in [1.54, 1.807) is 13.8 Å². The summed E-state index contributed by atoms with van der Waals surface area (Å²) in [6.07, 6.45) is 0. The molecule has 0 fully saturated rings. The van der Waals surface area contributed by atoms with Crippen LogP contribution in [0.25, 0.3) is 0 Å². The summed E-state index contributed by atoms with van der Waals surface area (Å²) in [7, 11) is 0. The van der Waals surface area contributed by atoms with Gasteiger partial charge in [-0.15, -0.1) is 0 Å². The predicted octanol–water partition coefficient (Wildman–Crippen LogP) is 3.14. The smallest absolute Gasteiger partial charge is 0.323 e. The van der Waals surface area contributed by atoms with Crippen LogP contribution in [0.2, 0.25) is 0 Å². The Balaban J connectivity index is 2.91. The molecule has 1 aromatic rings. The molecule has 5 heteroatoms. The molecular weight excluding hydrogens is 256 g/mol. The zero-order valence-electron chi connectivity index (χ0n) is 12.4. The van der Waals surface area contributed by atoms with Crippen LogP contribution < -0.4 is 5.32 Å². The Kier molecular flexibility index (Phi) is 5.55. The summed E-state index contributed by atoms with van der Waals surface area (Å²) in [4.78, 5) is 24.3. The highest BCUT2D eigenvalue weighted by Gasteiger charge is 2.20. The quantitative estimate of drug-likeness (QED) is 0.869. The molecule has 0 aromatic heterocycles. The molecule has 0 saturated heterocycles. The average molecular weight is 278 g/mol. The van der Waals surface area contributed by atoms with Gasteiger partial charge in [-0.25, -0.2) is 4.79 Å². The van der Waals surface area contributed by atoms with Crippen LogP contribution in [-0.2, 0) is 4.79 Å². The maximum absolute atomic E-state index is 12.2. The predicted molar refractivity (Wildman–Crippen MR) is 79.0 cm³/mol. The van der Waals surface area contributed by atoms with Gasteiger partial charge in [0.25, 0.3) is 0 Å². The maximum Gasteiger partial charge on any atom is 0.323 e. The number of carbonyl (C=O) groups is 2. The van der Waals surface area contributed by atoms with Gasteiger partial charge in [0.2, 0.25) is 0 Å². The Morgan fingerprint density at radius 3 is 2.30 bits per heavy atom. The molecule has 2 N–H and O–H groups in total. The molecule has 20 heavy (non-hydrogen) atoms. The van der Waals surface area contributed by atoms with E-state index in [1.807, 2.05) is 38.1 Å². The number of benzene rings is 1. The van der Waals surface area contributed by atoms with Gasteiger partial charge >= 0.3 is 12.0 Å². The number of hydrogen-bond donors (Lipinski definition) is 2. The van der Waals surface area contributed by atoms with Gasteiger partial charge in [0.05, 0.1) is 0 Å². The Hall–Kier alpha value is -2.04. The number of hydrogen-bond acceptors (Lipinski definition) is 2. The van der Waals surface area contributed by atoms with Crippen LogP contribution in [0, 0.1) is 0 Å². The van der Waals surface area contributed by atoms with Crippen molar-refractivity contribution in [3.63, 3.8) is 0 Å². The molecule has 0 bridgehead atoms. The third-order valence-corrected chi connectivity index (χ3v) is 3.01. The molecule has 0 aliphatic rings. The second-order valence-electron chi connectivity index (χ2n) is 5.29. The van der Waals surface area contributed by atoms with E-state index in [0.717, 1.165) is 11.3 Å². The van der Waals surface area contributed by atoms with E-state index < -0.39 is 12.0 Å². The van der Waals surface area contributed by atoms with Crippen LogP contribution in [-0.4, -0.2) is 34.6 Å². The minimum Gasteiger partial charge on any atom is -0.480 e. The molecule has 1 aromatic carbocycles. The zero-order valence-corrected chi connectivity index (χ0v) is 12.4. The highest BCUT2D eigenvalue weighted by Crippen LogP contribution is 2.24. The number of carboxylic acids is 1. The normalized spacial score (nSPS) is 10.7. The average Bonchev–Trinajstić information content (AvgIpc) is 2.35. The summed E-state index contributed by atoms with van der Waals surface area (Å²) >= 11 is 0. The molecule has 2 amide bonds. The lowest BCUT2D eigenvalue weighted by Crippen LogP contribution is -2.43. The maximum atomic E-state index is 12.2. The van der Waals surface area contributed by atoms with Crippen LogP contribution in [0.5, 0.6) is 0 Å². The van der Waals surface area contributed by atoms with Crippen molar-refractivity contribution in [1.29, 1.82) is 0 Å². The summed E-state index contributed by atoms with van der Waals surface area (Å²) in [6.45, 7) is 7.35. The first-order valence-corrected chi connectivity index (χ1v) is 6.71. The molecule has 0 saturated carbocycles. The number of nitrogens with zero attached hydrogens (tertiary/aromatic N) is 1. The third-order valence-electron chi connectivity index (χ3n) is 3.01. The van der Waals surface area contributed by atoms with E-state index in [1.165, 1.54) is 4.90 Å². The first-order valence-electron chi connectivity index (χ1n) is 6.71. The fourth-order valence-corrected chi connectivity index (χ4v) is 1.94. The summed E-state index contributed by atoms with van der Waals surface area (Å²) in [5, 5.41) is 11.7. The fraction of sp³-hybridized carbons (Fsp3) is 0.467. The molecule has 0 unspecified atom stereocenters. The van der Waals surface area contributed by atoms with Gasteiger partial charge in [-0.1, -0.05) is 32.0 Å². The molecule has 0 spiro atoms.